The maximum Gasteiger partial charge on any atom is 0.264 e. The van der Waals surface area contributed by atoms with Crippen molar-refractivity contribution in [1.82, 2.24) is 4.90 Å². The number of carbonyl (C=O) groups is 1. The molecule has 0 aromatic carbocycles. The Balaban J connectivity index is 2.10. The van der Waals surface area contributed by atoms with Crippen LogP contribution in [-0.2, 0) is 0 Å². The second kappa shape index (κ2) is 5.98. The first-order chi connectivity index (χ1) is 8.22. The van der Waals surface area contributed by atoms with Crippen LogP contribution in [0.3, 0.4) is 0 Å². The van der Waals surface area contributed by atoms with Crippen molar-refractivity contribution in [2.24, 2.45) is 5.73 Å². The highest BCUT2D eigenvalue weighted by molar-refractivity contribution is 9.11. The third-order valence-electron chi connectivity index (χ3n) is 3.17. The zero-order valence-corrected chi connectivity index (χ0v) is 12.1. The van der Waals surface area contributed by atoms with Gasteiger partial charge in [-0.1, -0.05) is 0 Å². The van der Waals surface area contributed by atoms with Crippen LogP contribution in [0.15, 0.2) is 15.9 Å². The molecule has 0 saturated carbocycles. The molecule has 2 rings (SSSR count). The SMILES string of the molecule is NCCC1CCCCN1C(=O)c1ccc(Br)s1. The van der Waals surface area contributed by atoms with Gasteiger partial charge in [0.25, 0.3) is 5.91 Å². The number of thiophene rings is 1. The molecule has 2 heterocycles. The summed E-state index contributed by atoms with van der Waals surface area (Å²) in [7, 11) is 0. The van der Waals surface area contributed by atoms with E-state index in [1.54, 1.807) is 0 Å². The van der Waals surface area contributed by atoms with Gasteiger partial charge in [-0.05, 0) is 60.3 Å². The number of hydrogen-bond acceptors (Lipinski definition) is 3. The quantitative estimate of drug-likeness (QED) is 0.932. The Kier molecular flexibility index (Phi) is 4.59. The lowest BCUT2D eigenvalue weighted by Gasteiger charge is -2.35. The number of nitrogens with two attached hydrogens (primary N) is 1. The molecule has 0 aliphatic carbocycles. The predicted octanol–water partition coefficient (Wildman–Crippen LogP) is 2.85. The van der Waals surface area contributed by atoms with Gasteiger partial charge in [0.15, 0.2) is 0 Å². The topological polar surface area (TPSA) is 46.3 Å². The molecule has 17 heavy (non-hydrogen) atoms. The molecular formula is C12H17BrN2OS. The van der Waals surface area contributed by atoms with E-state index in [4.69, 9.17) is 5.73 Å². The molecule has 1 saturated heterocycles. The second-order valence-electron chi connectivity index (χ2n) is 4.33. The van der Waals surface area contributed by atoms with E-state index in [-0.39, 0.29) is 5.91 Å². The molecule has 1 amide bonds. The van der Waals surface area contributed by atoms with Gasteiger partial charge < -0.3 is 10.6 Å². The van der Waals surface area contributed by atoms with E-state index in [0.717, 1.165) is 34.5 Å². The Morgan fingerprint density at radius 1 is 1.53 bits per heavy atom. The van der Waals surface area contributed by atoms with E-state index in [2.05, 4.69) is 15.9 Å². The summed E-state index contributed by atoms with van der Waals surface area (Å²) < 4.78 is 1.01. The number of halogens is 1. The lowest BCUT2D eigenvalue weighted by atomic mass is 9.99. The molecule has 1 unspecified atom stereocenters. The van der Waals surface area contributed by atoms with Crippen molar-refractivity contribution in [3.8, 4) is 0 Å². The molecule has 1 aromatic heterocycles. The molecule has 1 fully saturated rings. The van der Waals surface area contributed by atoms with Gasteiger partial charge in [-0.25, -0.2) is 0 Å². The van der Waals surface area contributed by atoms with Gasteiger partial charge in [-0.2, -0.15) is 0 Å². The van der Waals surface area contributed by atoms with Crippen LogP contribution in [0.5, 0.6) is 0 Å². The molecule has 0 bridgehead atoms. The van der Waals surface area contributed by atoms with Crippen LogP contribution in [0.4, 0.5) is 0 Å². The van der Waals surface area contributed by atoms with Crippen molar-refractivity contribution in [2.45, 2.75) is 31.7 Å². The largest absolute Gasteiger partial charge is 0.335 e. The number of amides is 1. The summed E-state index contributed by atoms with van der Waals surface area (Å²) in [5.74, 6) is 0.166. The first-order valence-electron chi connectivity index (χ1n) is 5.98. The lowest BCUT2D eigenvalue weighted by Crippen LogP contribution is -2.44. The minimum absolute atomic E-state index is 0.166. The third kappa shape index (κ3) is 3.09. The first-order valence-corrected chi connectivity index (χ1v) is 7.59. The summed E-state index contributed by atoms with van der Waals surface area (Å²) in [6.45, 7) is 1.53. The van der Waals surface area contributed by atoms with Gasteiger partial charge in [0.05, 0.1) is 8.66 Å². The maximum absolute atomic E-state index is 12.4. The van der Waals surface area contributed by atoms with Crippen molar-refractivity contribution in [3.63, 3.8) is 0 Å². The van der Waals surface area contributed by atoms with Gasteiger partial charge in [-0.3, -0.25) is 4.79 Å². The fraction of sp³-hybridized carbons (Fsp3) is 0.583. The zero-order valence-electron chi connectivity index (χ0n) is 9.69. The van der Waals surface area contributed by atoms with Crippen LogP contribution in [0, 0.1) is 0 Å². The predicted molar refractivity (Wildman–Crippen MR) is 74.4 cm³/mol. The molecule has 2 N–H and O–H groups in total. The number of carbonyl (C=O) groups excluding carboxylic acids is 1. The average molecular weight is 317 g/mol. The highest BCUT2D eigenvalue weighted by Crippen LogP contribution is 2.27. The molecule has 1 aliphatic heterocycles. The van der Waals surface area contributed by atoms with E-state index in [1.807, 2.05) is 17.0 Å². The number of nitrogens with zero attached hydrogens (tertiary/aromatic N) is 1. The zero-order chi connectivity index (χ0) is 12.3. The molecule has 0 radical (unpaired) electrons. The summed E-state index contributed by atoms with van der Waals surface area (Å²) >= 11 is 4.90. The van der Waals surface area contributed by atoms with Crippen LogP contribution in [0.2, 0.25) is 0 Å². The highest BCUT2D eigenvalue weighted by atomic mass is 79.9. The monoisotopic (exact) mass is 316 g/mol. The highest BCUT2D eigenvalue weighted by Gasteiger charge is 2.27. The van der Waals surface area contributed by atoms with E-state index >= 15 is 0 Å². The minimum atomic E-state index is 0.166. The summed E-state index contributed by atoms with van der Waals surface area (Å²) in [6, 6.07) is 4.16. The number of piperidine rings is 1. The van der Waals surface area contributed by atoms with Gasteiger partial charge in [0.2, 0.25) is 0 Å². The number of rotatable bonds is 3. The molecular weight excluding hydrogens is 300 g/mol. The Labute approximate surface area is 114 Å². The number of likely N-dealkylation sites (tertiary alicyclic amines) is 1. The van der Waals surface area contributed by atoms with E-state index < -0.39 is 0 Å². The molecule has 1 atom stereocenters. The van der Waals surface area contributed by atoms with Gasteiger partial charge in [-0.15, -0.1) is 11.3 Å². The fourth-order valence-corrected chi connectivity index (χ4v) is 3.67. The van der Waals surface area contributed by atoms with Crippen LogP contribution < -0.4 is 5.73 Å². The van der Waals surface area contributed by atoms with Gasteiger partial charge in [0.1, 0.15) is 0 Å². The normalized spacial score (nSPS) is 20.6. The number of hydrogen-bond donors (Lipinski definition) is 1. The first kappa shape index (κ1) is 13.1. The molecule has 1 aromatic rings. The summed E-state index contributed by atoms with van der Waals surface area (Å²) in [5, 5.41) is 0. The van der Waals surface area contributed by atoms with E-state index in [9.17, 15) is 4.79 Å². The van der Waals surface area contributed by atoms with Crippen LogP contribution in [0.1, 0.15) is 35.4 Å². The Morgan fingerprint density at radius 3 is 3.00 bits per heavy atom. The Morgan fingerprint density at radius 2 is 2.35 bits per heavy atom. The summed E-state index contributed by atoms with van der Waals surface area (Å²) in [6.07, 6.45) is 4.33. The van der Waals surface area contributed by atoms with Crippen molar-refractivity contribution < 1.29 is 4.79 Å². The third-order valence-corrected chi connectivity index (χ3v) is 4.78. The van der Waals surface area contributed by atoms with Gasteiger partial charge in [0, 0.05) is 12.6 Å². The molecule has 94 valence electrons. The molecule has 3 nitrogen and oxygen atoms in total. The van der Waals surface area contributed by atoms with E-state index in [1.165, 1.54) is 17.8 Å². The second-order valence-corrected chi connectivity index (χ2v) is 6.79. The van der Waals surface area contributed by atoms with Crippen LogP contribution >= 0.6 is 27.3 Å². The van der Waals surface area contributed by atoms with Crippen molar-refractivity contribution in [3.05, 3.63) is 20.8 Å². The minimum Gasteiger partial charge on any atom is -0.335 e. The van der Waals surface area contributed by atoms with Crippen molar-refractivity contribution >= 4 is 33.2 Å². The standard InChI is InChI=1S/C12H17BrN2OS/c13-11-5-4-10(17-11)12(16)15-8-2-1-3-9(15)6-7-14/h4-5,9H,1-3,6-8,14H2. The van der Waals surface area contributed by atoms with E-state index in [0.29, 0.717) is 12.6 Å². The van der Waals surface area contributed by atoms with Gasteiger partial charge >= 0.3 is 0 Å². The smallest absolute Gasteiger partial charge is 0.264 e. The Bertz CT molecular complexity index is 392. The molecule has 5 heteroatoms. The van der Waals surface area contributed by atoms with Crippen molar-refractivity contribution in [2.75, 3.05) is 13.1 Å². The molecule has 1 aliphatic rings. The lowest BCUT2D eigenvalue weighted by molar-refractivity contribution is 0.0610. The Hall–Kier alpha value is -0.390. The summed E-state index contributed by atoms with van der Waals surface area (Å²) in [5.41, 5.74) is 5.62. The average Bonchev–Trinajstić information content (AvgIpc) is 2.76. The van der Waals surface area contributed by atoms with Crippen LogP contribution in [-0.4, -0.2) is 29.9 Å². The fourth-order valence-electron chi connectivity index (χ4n) is 2.33. The molecule has 0 spiro atoms. The van der Waals surface area contributed by atoms with Crippen LogP contribution in [0.25, 0.3) is 0 Å². The summed E-state index contributed by atoms with van der Waals surface area (Å²) in [4.78, 5) is 15.2. The maximum atomic E-state index is 12.4. The van der Waals surface area contributed by atoms with Crippen molar-refractivity contribution in [1.29, 1.82) is 0 Å².